The zero-order chi connectivity index (χ0) is 26.6. The number of carbonyl (C=O) groups is 3. The Balaban J connectivity index is 0.000000809. The molecule has 0 bridgehead atoms. The lowest BCUT2D eigenvalue weighted by Gasteiger charge is -2.10. The first-order valence-corrected chi connectivity index (χ1v) is 11.6. The summed E-state index contributed by atoms with van der Waals surface area (Å²) in [6, 6.07) is 13.9. The molecule has 2 amide bonds. The molecule has 0 aromatic heterocycles. The first-order chi connectivity index (χ1) is 17.4. The first-order valence-electron chi connectivity index (χ1n) is 11.6. The fraction of sp³-hybridized carbons (Fsp3) is 0.360. The third-order valence-electron chi connectivity index (χ3n) is 4.21. The molecule has 11 nitrogen and oxygen atoms in total. The second-order valence-electron chi connectivity index (χ2n) is 6.92. The quantitative estimate of drug-likeness (QED) is 0.0813. The molecule has 0 saturated heterocycles. The fourth-order valence-electron chi connectivity index (χ4n) is 2.61. The van der Waals surface area contributed by atoms with Crippen LogP contribution in [0.1, 0.15) is 37.6 Å². The van der Waals surface area contributed by atoms with E-state index in [1.54, 1.807) is 44.2 Å². The zero-order valence-electron chi connectivity index (χ0n) is 20.9. The number of hydrogen-bond donors (Lipinski definition) is 4. The first kappa shape index (κ1) is 29.9. The lowest BCUT2D eigenvalue weighted by molar-refractivity contribution is -0.142. The Labute approximate surface area is 211 Å². The number of amides is 2. The van der Waals surface area contributed by atoms with Gasteiger partial charge in [-0.2, -0.15) is 0 Å². The van der Waals surface area contributed by atoms with Crippen molar-refractivity contribution in [3.63, 3.8) is 0 Å². The number of aliphatic imine (C=N–C) groups is 1. The number of nitrogens with one attached hydrogen (secondary N) is 3. The molecule has 0 saturated carbocycles. The number of hydrogen-bond acceptors (Lipinski definition) is 8. The van der Waals surface area contributed by atoms with Gasteiger partial charge < -0.3 is 30.3 Å². The van der Waals surface area contributed by atoms with Crippen molar-refractivity contribution >= 4 is 29.8 Å². The number of hydrazine groups is 1. The molecule has 2 aromatic carbocycles. The third-order valence-corrected chi connectivity index (χ3v) is 4.21. The molecule has 0 heterocycles. The van der Waals surface area contributed by atoms with E-state index in [2.05, 4.69) is 25.8 Å². The van der Waals surface area contributed by atoms with Crippen molar-refractivity contribution in [1.29, 1.82) is 0 Å². The Bertz CT molecular complexity index is 983. The number of esters is 1. The predicted octanol–water partition coefficient (Wildman–Crippen LogP) is 2.09. The highest BCUT2D eigenvalue weighted by Crippen LogP contribution is 2.19. The Morgan fingerprint density at radius 2 is 1.67 bits per heavy atom. The van der Waals surface area contributed by atoms with E-state index in [0.717, 1.165) is 5.75 Å². The number of rotatable bonds is 13. The summed E-state index contributed by atoms with van der Waals surface area (Å²) in [7, 11) is 0. The van der Waals surface area contributed by atoms with Gasteiger partial charge in [-0.05, 0) is 44.2 Å². The number of benzene rings is 2. The highest BCUT2D eigenvalue weighted by Gasteiger charge is 2.08. The highest BCUT2D eigenvalue weighted by atomic mass is 16.5. The normalized spacial score (nSPS) is 10.0. The van der Waals surface area contributed by atoms with Crippen molar-refractivity contribution in [2.45, 2.75) is 27.2 Å². The minimum Gasteiger partial charge on any atom is -0.494 e. The average molecular weight is 502 g/mol. The Morgan fingerprint density at radius 3 is 2.31 bits per heavy atom. The van der Waals surface area contributed by atoms with Gasteiger partial charge in [0.1, 0.15) is 24.4 Å². The van der Waals surface area contributed by atoms with Crippen molar-refractivity contribution in [3.05, 3.63) is 54.1 Å². The Hall–Kier alpha value is -4.12. The maximum absolute atomic E-state index is 12.2. The molecule has 2 aromatic rings. The van der Waals surface area contributed by atoms with Crippen LogP contribution in [0.25, 0.3) is 0 Å². The molecule has 196 valence electrons. The molecule has 5 N–H and O–H groups in total. The van der Waals surface area contributed by atoms with Crippen LogP contribution in [0, 0.1) is 0 Å². The monoisotopic (exact) mass is 501 g/mol. The van der Waals surface area contributed by atoms with E-state index in [1.165, 1.54) is 6.34 Å². The van der Waals surface area contributed by atoms with Crippen LogP contribution < -0.4 is 31.4 Å². The van der Waals surface area contributed by atoms with Gasteiger partial charge in [0.25, 0.3) is 5.91 Å². The number of ether oxygens (including phenoxy) is 3. The van der Waals surface area contributed by atoms with Crippen LogP contribution in [0.2, 0.25) is 0 Å². The largest absolute Gasteiger partial charge is 0.494 e. The summed E-state index contributed by atoms with van der Waals surface area (Å²) in [5.41, 5.74) is 3.24. The summed E-state index contributed by atoms with van der Waals surface area (Å²) < 4.78 is 15.5. The topological polar surface area (TPSA) is 153 Å². The molecular formula is C25H35N5O6. The van der Waals surface area contributed by atoms with Gasteiger partial charge >= 0.3 is 5.97 Å². The van der Waals surface area contributed by atoms with Crippen LogP contribution >= 0.6 is 0 Å². The molecule has 0 atom stereocenters. The second-order valence-corrected chi connectivity index (χ2v) is 6.92. The maximum Gasteiger partial charge on any atom is 0.305 e. The predicted molar refractivity (Wildman–Crippen MR) is 137 cm³/mol. The van der Waals surface area contributed by atoms with E-state index in [1.807, 2.05) is 25.1 Å². The molecular weight excluding hydrogens is 466 g/mol. The Morgan fingerprint density at radius 1 is 0.944 bits per heavy atom. The highest BCUT2D eigenvalue weighted by molar-refractivity contribution is 5.97. The molecule has 0 fully saturated rings. The number of nitrogens with two attached hydrogens (primary N) is 1. The SMILES string of the molecule is CCOC(=O)CC.CCOc1cccc(OCCNC(=O)CNC(=O)c2cccc(N=CNN)c2)c1. The smallest absolute Gasteiger partial charge is 0.305 e. The van der Waals surface area contributed by atoms with Crippen molar-refractivity contribution in [1.82, 2.24) is 16.1 Å². The van der Waals surface area contributed by atoms with E-state index < -0.39 is 0 Å². The van der Waals surface area contributed by atoms with Gasteiger partial charge in [-0.1, -0.05) is 19.1 Å². The number of carbonyl (C=O) groups excluding carboxylic acids is 3. The van der Waals surface area contributed by atoms with Gasteiger partial charge in [0.2, 0.25) is 5.91 Å². The summed E-state index contributed by atoms with van der Waals surface area (Å²) in [5, 5.41) is 5.24. The van der Waals surface area contributed by atoms with Gasteiger partial charge in [0, 0.05) is 18.1 Å². The van der Waals surface area contributed by atoms with Gasteiger partial charge in [-0.25, -0.2) is 10.8 Å². The molecule has 0 aliphatic rings. The van der Waals surface area contributed by atoms with Gasteiger partial charge in [0.15, 0.2) is 0 Å². The lowest BCUT2D eigenvalue weighted by Crippen LogP contribution is -2.38. The van der Waals surface area contributed by atoms with E-state index in [4.69, 9.17) is 15.3 Å². The summed E-state index contributed by atoms with van der Waals surface area (Å²) in [4.78, 5) is 38.2. The van der Waals surface area contributed by atoms with Crippen LogP contribution in [0.5, 0.6) is 11.5 Å². The van der Waals surface area contributed by atoms with Crippen LogP contribution in [-0.4, -0.2) is 57.0 Å². The molecule has 0 radical (unpaired) electrons. The summed E-state index contributed by atoms with van der Waals surface area (Å²) in [5.74, 6) is 5.70. The van der Waals surface area contributed by atoms with Crippen molar-refractivity contribution < 1.29 is 28.6 Å². The molecule has 2 rings (SSSR count). The summed E-state index contributed by atoms with van der Waals surface area (Å²) in [6.45, 7) is 7.02. The van der Waals surface area contributed by atoms with Gasteiger partial charge in [0.05, 0.1) is 32.0 Å². The van der Waals surface area contributed by atoms with Crippen LogP contribution in [-0.2, 0) is 14.3 Å². The van der Waals surface area contributed by atoms with Gasteiger partial charge in [-0.3, -0.25) is 14.4 Å². The van der Waals surface area contributed by atoms with E-state index >= 15 is 0 Å². The third kappa shape index (κ3) is 12.9. The zero-order valence-corrected chi connectivity index (χ0v) is 20.9. The molecule has 0 aliphatic carbocycles. The minimum atomic E-state index is -0.373. The minimum absolute atomic E-state index is 0.123. The molecule has 11 heteroatoms. The molecule has 0 unspecified atom stereocenters. The second kappa shape index (κ2) is 18.2. The fourth-order valence-corrected chi connectivity index (χ4v) is 2.61. The molecule has 0 aliphatic heterocycles. The lowest BCUT2D eigenvalue weighted by atomic mass is 10.2. The average Bonchev–Trinajstić information content (AvgIpc) is 2.89. The van der Waals surface area contributed by atoms with Crippen LogP contribution in [0.4, 0.5) is 5.69 Å². The van der Waals surface area contributed by atoms with Crippen molar-refractivity contribution in [2.24, 2.45) is 10.8 Å². The summed E-state index contributed by atoms with van der Waals surface area (Å²) in [6.07, 6.45) is 1.79. The molecule has 36 heavy (non-hydrogen) atoms. The van der Waals surface area contributed by atoms with Crippen molar-refractivity contribution in [2.75, 3.05) is 32.9 Å². The van der Waals surface area contributed by atoms with Crippen LogP contribution in [0.15, 0.2) is 53.5 Å². The standard InChI is InChI=1S/C20H25N5O4.C5H10O2/c1-2-28-17-7-4-8-18(12-17)29-10-9-22-19(26)13-23-20(27)15-5-3-6-16(11-15)24-14-25-21;1-3-5(6)7-4-2/h3-8,11-12,14H,2,9-10,13,21H2,1H3,(H,22,26)(H,23,27)(H,24,25);3-4H2,1-2H3. The van der Waals surface area contributed by atoms with E-state index in [-0.39, 0.29) is 24.3 Å². The molecule has 0 spiro atoms. The number of nitrogens with zero attached hydrogens (tertiary/aromatic N) is 1. The van der Waals surface area contributed by atoms with E-state index in [9.17, 15) is 14.4 Å². The Kier molecular flexibility index (Phi) is 15.2. The van der Waals surface area contributed by atoms with Crippen LogP contribution in [0.3, 0.4) is 0 Å². The maximum atomic E-state index is 12.2. The summed E-state index contributed by atoms with van der Waals surface area (Å²) >= 11 is 0. The van der Waals surface area contributed by atoms with Crippen molar-refractivity contribution in [3.8, 4) is 11.5 Å². The van der Waals surface area contributed by atoms with E-state index in [0.29, 0.717) is 49.8 Å². The van der Waals surface area contributed by atoms with Gasteiger partial charge in [-0.15, -0.1) is 0 Å².